The number of hydrogen-bond acceptors (Lipinski definition) is 4. The van der Waals surface area contributed by atoms with Crippen LogP contribution in [-0.2, 0) is 16.0 Å². The van der Waals surface area contributed by atoms with Gasteiger partial charge in [0, 0.05) is 10.3 Å². The molecule has 4 aliphatic carbocycles. The van der Waals surface area contributed by atoms with Gasteiger partial charge in [0.15, 0.2) is 0 Å². The van der Waals surface area contributed by atoms with Gasteiger partial charge in [-0.2, -0.15) is 0 Å². The third-order valence-electron chi connectivity index (χ3n) is 6.11. The van der Waals surface area contributed by atoms with Crippen molar-refractivity contribution in [2.24, 2.45) is 23.2 Å². The summed E-state index contributed by atoms with van der Waals surface area (Å²) in [5, 5.41) is 0. The molecule has 0 aromatic carbocycles. The Kier molecular flexibility index (Phi) is 3.75. The van der Waals surface area contributed by atoms with Crippen molar-refractivity contribution in [3.05, 3.63) is 16.1 Å². The Morgan fingerprint density at radius 1 is 1.27 bits per heavy atom. The fourth-order valence-electron chi connectivity index (χ4n) is 5.55. The van der Waals surface area contributed by atoms with Crippen LogP contribution < -0.4 is 0 Å². The Morgan fingerprint density at radius 3 is 2.45 bits per heavy atom. The van der Waals surface area contributed by atoms with Crippen LogP contribution in [-0.4, -0.2) is 17.6 Å². The van der Waals surface area contributed by atoms with Crippen LogP contribution in [0.15, 0.2) is 5.51 Å². The molecular weight excluding hydrogens is 294 g/mol. The van der Waals surface area contributed by atoms with E-state index in [9.17, 15) is 4.79 Å². The zero-order valence-corrected chi connectivity index (χ0v) is 14.2. The summed E-state index contributed by atoms with van der Waals surface area (Å²) in [5.41, 5.74) is 3.25. The SMILES string of the molecule is Cc1ncsc1CCC(=O)OCC12CC3CC(CC(C3)C1)C2. The highest BCUT2D eigenvalue weighted by Crippen LogP contribution is 2.60. The average Bonchev–Trinajstić information content (AvgIpc) is 2.87. The molecule has 4 aliphatic rings. The Balaban J connectivity index is 1.29. The summed E-state index contributed by atoms with van der Waals surface area (Å²) in [7, 11) is 0. The number of esters is 1. The first kappa shape index (κ1) is 14.7. The highest BCUT2D eigenvalue weighted by molar-refractivity contribution is 7.09. The smallest absolute Gasteiger partial charge is 0.306 e. The average molecular weight is 319 g/mol. The number of aryl methyl sites for hydroxylation is 2. The van der Waals surface area contributed by atoms with Crippen LogP contribution in [0, 0.1) is 30.1 Å². The molecule has 4 bridgehead atoms. The van der Waals surface area contributed by atoms with Gasteiger partial charge in [-0.3, -0.25) is 4.79 Å². The van der Waals surface area contributed by atoms with E-state index < -0.39 is 0 Å². The van der Waals surface area contributed by atoms with Crippen molar-refractivity contribution in [3.8, 4) is 0 Å². The van der Waals surface area contributed by atoms with E-state index in [-0.39, 0.29) is 5.97 Å². The van der Waals surface area contributed by atoms with E-state index in [0.29, 0.717) is 18.4 Å². The fourth-order valence-corrected chi connectivity index (χ4v) is 6.34. The molecule has 0 aliphatic heterocycles. The van der Waals surface area contributed by atoms with Gasteiger partial charge in [0.1, 0.15) is 0 Å². The van der Waals surface area contributed by atoms with E-state index in [1.54, 1.807) is 11.3 Å². The molecule has 1 aromatic heterocycles. The highest BCUT2D eigenvalue weighted by atomic mass is 32.1. The van der Waals surface area contributed by atoms with Crippen LogP contribution in [0.25, 0.3) is 0 Å². The summed E-state index contributed by atoms with van der Waals surface area (Å²) in [6, 6.07) is 0. The predicted molar refractivity (Wildman–Crippen MR) is 86.7 cm³/mol. The highest BCUT2D eigenvalue weighted by Gasteiger charge is 2.51. The minimum atomic E-state index is -0.0245. The van der Waals surface area contributed by atoms with Crippen molar-refractivity contribution in [2.75, 3.05) is 6.61 Å². The van der Waals surface area contributed by atoms with E-state index in [4.69, 9.17) is 4.74 Å². The molecule has 4 fully saturated rings. The molecular formula is C18H25NO2S. The van der Waals surface area contributed by atoms with Gasteiger partial charge in [-0.05, 0) is 69.6 Å². The molecule has 0 amide bonds. The number of ether oxygens (including phenoxy) is 1. The monoisotopic (exact) mass is 319 g/mol. The van der Waals surface area contributed by atoms with Crippen molar-refractivity contribution in [2.45, 2.75) is 58.3 Å². The minimum absolute atomic E-state index is 0.0245. The normalized spacial score (nSPS) is 35.8. The number of hydrogen-bond donors (Lipinski definition) is 0. The van der Waals surface area contributed by atoms with Gasteiger partial charge in [0.05, 0.1) is 24.2 Å². The number of rotatable bonds is 5. The van der Waals surface area contributed by atoms with Gasteiger partial charge in [0.2, 0.25) is 0 Å². The lowest BCUT2D eigenvalue weighted by Gasteiger charge is -2.56. The molecule has 0 spiro atoms. The van der Waals surface area contributed by atoms with Gasteiger partial charge in [-0.25, -0.2) is 4.98 Å². The number of nitrogens with zero attached hydrogens (tertiary/aromatic N) is 1. The zero-order chi connectivity index (χ0) is 15.2. The molecule has 22 heavy (non-hydrogen) atoms. The van der Waals surface area contributed by atoms with E-state index in [1.807, 2.05) is 12.4 Å². The first-order valence-electron chi connectivity index (χ1n) is 8.66. The maximum absolute atomic E-state index is 12.1. The summed E-state index contributed by atoms with van der Waals surface area (Å²) in [5.74, 6) is 2.74. The molecule has 0 N–H and O–H groups in total. The van der Waals surface area contributed by atoms with E-state index in [2.05, 4.69) is 4.98 Å². The molecule has 0 saturated heterocycles. The first-order chi connectivity index (χ1) is 10.6. The van der Waals surface area contributed by atoms with Crippen molar-refractivity contribution in [3.63, 3.8) is 0 Å². The third-order valence-corrected chi connectivity index (χ3v) is 7.10. The van der Waals surface area contributed by atoms with Crippen LogP contribution in [0.2, 0.25) is 0 Å². The van der Waals surface area contributed by atoms with Crippen LogP contribution in [0.3, 0.4) is 0 Å². The largest absolute Gasteiger partial charge is 0.465 e. The first-order valence-corrected chi connectivity index (χ1v) is 9.54. The van der Waals surface area contributed by atoms with Crippen molar-refractivity contribution in [1.82, 2.24) is 4.98 Å². The molecule has 1 aromatic rings. The number of carbonyl (C=O) groups excluding carboxylic acids is 1. The molecule has 3 nitrogen and oxygen atoms in total. The molecule has 0 atom stereocenters. The van der Waals surface area contributed by atoms with Crippen molar-refractivity contribution < 1.29 is 9.53 Å². The fraction of sp³-hybridized carbons (Fsp3) is 0.778. The van der Waals surface area contributed by atoms with Gasteiger partial charge < -0.3 is 4.74 Å². The maximum atomic E-state index is 12.1. The molecule has 120 valence electrons. The van der Waals surface area contributed by atoms with Crippen molar-refractivity contribution >= 4 is 17.3 Å². The molecule has 0 unspecified atom stereocenters. The second kappa shape index (κ2) is 5.63. The molecule has 5 rings (SSSR count). The number of carbonyl (C=O) groups is 1. The lowest BCUT2D eigenvalue weighted by atomic mass is 9.50. The lowest BCUT2D eigenvalue weighted by Crippen LogP contribution is -2.48. The quantitative estimate of drug-likeness (QED) is 0.766. The summed E-state index contributed by atoms with van der Waals surface area (Å²) in [4.78, 5) is 17.6. The molecule has 1 heterocycles. The van der Waals surface area contributed by atoms with Crippen LogP contribution in [0.5, 0.6) is 0 Å². The second-order valence-electron chi connectivity index (χ2n) is 7.94. The van der Waals surface area contributed by atoms with Crippen LogP contribution >= 0.6 is 11.3 Å². The topological polar surface area (TPSA) is 39.2 Å². The molecule has 4 heteroatoms. The maximum Gasteiger partial charge on any atom is 0.306 e. The molecule has 0 radical (unpaired) electrons. The molecule has 4 saturated carbocycles. The minimum Gasteiger partial charge on any atom is -0.465 e. The van der Waals surface area contributed by atoms with Gasteiger partial charge in [0.25, 0.3) is 0 Å². The lowest BCUT2D eigenvalue weighted by molar-refractivity contribution is -0.155. The predicted octanol–water partition coefficient (Wildman–Crippen LogP) is 4.14. The van der Waals surface area contributed by atoms with Gasteiger partial charge >= 0.3 is 5.97 Å². The second-order valence-corrected chi connectivity index (χ2v) is 8.88. The van der Waals surface area contributed by atoms with E-state index in [0.717, 1.165) is 29.9 Å². The van der Waals surface area contributed by atoms with Gasteiger partial charge in [-0.15, -0.1) is 11.3 Å². The van der Waals surface area contributed by atoms with E-state index in [1.165, 1.54) is 43.4 Å². The Morgan fingerprint density at radius 2 is 1.91 bits per heavy atom. The Bertz CT molecular complexity index is 530. The van der Waals surface area contributed by atoms with Crippen molar-refractivity contribution in [1.29, 1.82) is 0 Å². The third kappa shape index (κ3) is 2.82. The number of aromatic nitrogens is 1. The van der Waals surface area contributed by atoms with Gasteiger partial charge in [-0.1, -0.05) is 0 Å². The Hall–Kier alpha value is -0.900. The Labute approximate surface area is 136 Å². The van der Waals surface area contributed by atoms with Crippen LogP contribution in [0.4, 0.5) is 0 Å². The summed E-state index contributed by atoms with van der Waals surface area (Å²) in [6.45, 7) is 2.68. The summed E-state index contributed by atoms with van der Waals surface area (Å²) < 4.78 is 5.71. The zero-order valence-electron chi connectivity index (χ0n) is 13.3. The van der Waals surface area contributed by atoms with E-state index >= 15 is 0 Å². The number of thiazole rings is 1. The summed E-state index contributed by atoms with van der Waals surface area (Å²) >= 11 is 1.64. The van der Waals surface area contributed by atoms with Crippen LogP contribution in [0.1, 0.15) is 55.5 Å². The summed E-state index contributed by atoms with van der Waals surface area (Å²) in [6.07, 6.45) is 9.51. The standard InChI is InChI=1S/C18H25NO2S/c1-12-16(22-11-19-12)2-3-17(20)21-10-18-7-13-4-14(8-18)6-15(5-13)9-18/h11,13-15H,2-10H2,1H3.